The summed E-state index contributed by atoms with van der Waals surface area (Å²) in [7, 11) is 0. The van der Waals surface area contributed by atoms with E-state index in [0.29, 0.717) is 11.8 Å². The van der Waals surface area contributed by atoms with Crippen LogP contribution in [0.5, 0.6) is 0 Å². The number of carbonyl (C=O) groups is 1. The average molecular weight is 337 g/mol. The summed E-state index contributed by atoms with van der Waals surface area (Å²) in [5, 5.41) is 16.7. The highest BCUT2D eigenvalue weighted by atomic mass is 19.1. The van der Waals surface area contributed by atoms with Gasteiger partial charge in [-0.25, -0.2) is 0 Å². The summed E-state index contributed by atoms with van der Waals surface area (Å²) in [5.74, 6) is -0.109. The fraction of sp³-hybridized carbons (Fsp3) is 0.588. The van der Waals surface area contributed by atoms with Crippen molar-refractivity contribution < 1.29 is 14.1 Å². The lowest BCUT2D eigenvalue weighted by molar-refractivity contribution is -0.387. The lowest BCUT2D eigenvalue weighted by atomic mass is 9.78. The van der Waals surface area contributed by atoms with Crippen LogP contribution in [0.1, 0.15) is 40.0 Å². The standard InChI is InChI=1S/C17H24FN3O3/c1-10-5-4-6-15(11(10)2)19-12(3)17(22)20-13-7-8-14(18)16(9-13)21(23)24/h7-12,15,19H,4-6H2,1-3H3,(H,20,22)/t10-,11-,12+,15-/m1/s1. The number of nitro groups is 1. The number of hydrogen-bond donors (Lipinski definition) is 2. The zero-order valence-corrected chi connectivity index (χ0v) is 14.2. The van der Waals surface area contributed by atoms with Crippen molar-refractivity contribution in [3.63, 3.8) is 0 Å². The molecule has 0 heterocycles. The van der Waals surface area contributed by atoms with Gasteiger partial charge < -0.3 is 10.6 Å². The molecule has 132 valence electrons. The molecular formula is C17H24FN3O3. The molecule has 1 fully saturated rings. The van der Waals surface area contributed by atoms with Crippen LogP contribution in [0, 0.1) is 27.8 Å². The molecule has 2 N–H and O–H groups in total. The topological polar surface area (TPSA) is 84.3 Å². The normalized spacial score (nSPS) is 25.1. The lowest BCUT2D eigenvalue weighted by Crippen LogP contribution is -2.49. The van der Waals surface area contributed by atoms with Gasteiger partial charge in [0.1, 0.15) is 0 Å². The fourth-order valence-electron chi connectivity index (χ4n) is 3.19. The minimum absolute atomic E-state index is 0.215. The van der Waals surface area contributed by atoms with Gasteiger partial charge in [-0.1, -0.05) is 26.7 Å². The van der Waals surface area contributed by atoms with Gasteiger partial charge in [0.25, 0.3) is 0 Å². The Hall–Kier alpha value is -2.02. The summed E-state index contributed by atoms with van der Waals surface area (Å²) in [6, 6.07) is 3.17. The maximum atomic E-state index is 13.3. The van der Waals surface area contributed by atoms with Gasteiger partial charge in [-0.05, 0) is 37.3 Å². The van der Waals surface area contributed by atoms with Crippen molar-refractivity contribution in [2.45, 2.75) is 52.1 Å². The third kappa shape index (κ3) is 4.29. The lowest BCUT2D eigenvalue weighted by Gasteiger charge is -2.36. The van der Waals surface area contributed by atoms with Gasteiger partial charge in [0.05, 0.1) is 11.0 Å². The Morgan fingerprint density at radius 2 is 2.08 bits per heavy atom. The smallest absolute Gasteiger partial charge is 0.306 e. The number of benzene rings is 1. The molecule has 0 radical (unpaired) electrons. The molecule has 1 aromatic rings. The summed E-state index contributed by atoms with van der Waals surface area (Å²) in [4.78, 5) is 22.3. The van der Waals surface area contributed by atoms with Crippen LogP contribution in [-0.2, 0) is 4.79 Å². The van der Waals surface area contributed by atoms with E-state index in [1.807, 2.05) is 0 Å². The summed E-state index contributed by atoms with van der Waals surface area (Å²) in [6.07, 6.45) is 3.38. The first-order valence-electron chi connectivity index (χ1n) is 8.30. The second-order valence-corrected chi connectivity index (χ2v) is 6.67. The number of nitrogens with one attached hydrogen (secondary N) is 2. The van der Waals surface area contributed by atoms with Gasteiger partial charge in [-0.2, -0.15) is 4.39 Å². The van der Waals surface area contributed by atoms with Crippen LogP contribution in [-0.4, -0.2) is 22.9 Å². The first-order chi connectivity index (χ1) is 11.3. The van der Waals surface area contributed by atoms with E-state index >= 15 is 0 Å². The van der Waals surface area contributed by atoms with Crippen LogP contribution in [0.25, 0.3) is 0 Å². The molecule has 1 aromatic carbocycles. The number of nitro benzene ring substituents is 1. The highest BCUT2D eigenvalue weighted by molar-refractivity contribution is 5.94. The molecule has 2 rings (SSSR count). The molecule has 0 aromatic heterocycles. The van der Waals surface area contributed by atoms with E-state index in [4.69, 9.17) is 0 Å². The molecule has 1 aliphatic carbocycles. The van der Waals surface area contributed by atoms with Crippen LogP contribution < -0.4 is 10.6 Å². The molecule has 0 aliphatic heterocycles. The summed E-state index contributed by atoms with van der Waals surface area (Å²) in [5.41, 5.74) is -0.435. The number of anilines is 1. The summed E-state index contributed by atoms with van der Waals surface area (Å²) >= 11 is 0. The molecule has 4 atom stereocenters. The second-order valence-electron chi connectivity index (χ2n) is 6.67. The number of carbonyl (C=O) groups excluding carboxylic acids is 1. The van der Waals surface area contributed by atoms with E-state index in [1.54, 1.807) is 6.92 Å². The van der Waals surface area contributed by atoms with Gasteiger partial charge in [-0.15, -0.1) is 0 Å². The Balaban J connectivity index is 1.99. The molecule has 1 saturated carbocycles. The molecule has 24 heavy (non-hydrogen) atoms. The zero-order chi connectivity index (χ0) is 17.9. The van der Waals surface area contributed by atoms with Crippen molar-refractivity contribution in [2.24, 2.45) is 11.8 Å². The molecular weight excluding hydrogens is 313 g/mol. The van der Waals surface area contributed by atoms with Crippen molar-refractivity contribution in [1.29, 1.82) is 0 Å². The SMILES string of the molecule is C[C@@H]1[C@H](C)CCC[C@H]1N[C@@H](C)C(=O)Nc1ccc(F)c([N+](=O)[O-])c1. The van der Waals surface area contributed by atoms with Gasteiger partial charge in [0, 0.05) is 17.8 Å². The molecule has 0 saturated heterocycles. The average Bonchev–Trinajstić information content (AvgIpc) is 2.53. The molecule has 0 bridgehead atoms. The Morgan fingerprint density at radius 3 is 2.75 bits per heavy atom. The second kappa shape index (κ2) is 7.70. The fourth-order valence-corrected chi connectivity index (χ4v) is 3.19. The van der Waals surface area contributed by atoms with E-state index in [0.717, 1.165) is 25.0 Å². The zero-order valence-electron chi connectivity index (χ0n) is 14.2. The van der Waals surface area contributed by atoms with Crippen LogP contribution in [0.15, 0.2) is 18.2 Å². The quantitative estimate of drug-likeness (QED) is 0.636. The predicted octanol–water partition coefficient (Wildman–Crippen LogP) is 3.48. The Morgan fingerprint density at radius 1 is 1.38 bits per heavy atom. The first-order valence-corrected chi connectivity index (χ1v) is 8.30. The van der Waals surface area contributed by atoms with E-state index < -0.39 is 22.5 Å². The molecule has 7 heteroatoms. The number of halogens is 1. The Labute approximate surface area is 141 Å². The number of hydrogen-bond acceptors (Lipinski definition) is 4. The van der Waals surface area contributed by atoms with Crippen molar-refractivity contribution in [3.05, 3.63) is 34.1 Å². The number of nitrogens with zero attached hydrogens (tertiary/aromatic N) is 1. The summed E-state index contributed by atoms with van der Waals surface area (Å²) in [6.45, 7) is 6.18. The molecule has 6 nitrogen and oxygen atoms in total. The minimum atomic E-state index is -0.922. The van der Waals surface area contributed by atoms with Gasteiger partial charge in [0.15, 0.2) is 0 Å². The summed E-state index contributed by atoms with van der Waals surface area (Å²) < 4.78 is 13.3. The monoisotopic (exact) mass is 337 g/mol. The molecule has 0 spiro atoms. The van der Waals surface area contributed by atoms with Gasteiger partial charge >= 0.3 is 5.69 Å². The molecule has 1 aliphatic rings. The van der Waals surface area contributed by atoms with E-state index in [-0.39, 0.29) is 17.6 Å². The van der Waals surface area contributed by atoms with Crippen LogP contribution in [0.3, 0.4) is 0 Å². The third-order valence-corrected chi connectivity index (χ3v) is 4.97. The maximum Gasteiger partial charge on any atom is 0.306 e. The highest BCUT2D eigenvalue weighted by Gasteiger charge is 2.29. The Bertz CT molecular complexity index is 623. The van der Waals surface area contributed by atoms with E-state index in [9.17, 15) is 19.3 Å². The van der Waals surface area contributed by atoms with Crippen molar-refractivity contribution in [2.75, 3.05) is 5.32 Å². The van der Waals surface area contributed by atoms with Gasteiger partial charge in [-0.3, -0.25) is 14.9 Å². The van der Waals surface area contributed by atoms with Crippen LogP contribution in [0.4, 0.5) is 15.8 Å². The third-order valence-electron chi connectivity index (χ3n) is 4.97. The van der Waals surface area contributed by atoms with Crippen molar-refractivity contribution in [1.82, 2.24) is 5.32 Å². The Kier molecular flexibility index (Phi) is 5.88. The maximum absolute atomic E-state index is 13.3. The minimum Gasteiger partial charge on any atom is -0.324 e. The first kappa shape index (κ1) is 18.3. The van der Waals surface area contributed by atoms with Crippen LogP contribution >= 0.6 is 0 Å². The molecule has 1 amide bonds. The number of amides is 1. The predicted molar refractivity (Wildman–Crippen MR) is 90.2 cm³/mol. The molecule has 0 unspecified atom stereocenters. The van der Waals surface area contributed by atoms with Gasteiger partial charge in [0.2, 0.25) is 11.7 Å². The van der Waals surface area contributed by atoms with E-state index in [2.05, 4.69) is 24.5 Å². The largest absolute Gasteiger partial charge is 0.324 e. The van der Waals surface area contributed by atoms with Crippen molar-refractivity contribution >= 4 is 17.3 Å². The number of rotatable bonds is 5. The highest BCUT2D eigenvalue weighted by Crippen LogP contribution is 2.29. The van der Waals surface area contributed by atoms with E-state index in [1.165, 1.54) is 12.5 Å². The van der Waals surface area contributed by atoms with Crippen molar-refractivity contribution in [3.8, 4) is 0 Å². The van der Waals surface area contributed by atoms with Crippen LogP contribution in [0.2, 0.25) is 0 Å².